The van der Waals surface area contributed by atoms with Crippen LogP contribution in [-0.2, 0) is 16.0 Å². The van der Waals surface area contributed by atoms with Gasteiger partial charge in [0.15, 0.2) is 6.61 Å². The zero-order chi connectivity index (χ0) is 17.9. The minimum Gasteiger partial charge on any atom is -0.484 e. The molecule has 0 radical (unpaired) electrons. The van der Waals surface area contributed by atoms with E-state index in [2.05, 4.69) is 16.3 Å². The molecule has 0 aliphatic carbocycles. The van der Waals surface area contributed by atoms with Crippen LogP contribution in [0, 0.1) is 0 Å². The van der Waals surface area contributed by atoms with Gasteiger partial charge in [0.05, 0.1) is 6.42 Å². The second-order valence-corrected chi connectivity index (χ2v) is 6.54. The first-order chi connectivity index (χ1) is 12.7. The number of para-hydroxylation sites is 1. The van der Waals surface area contributed by atoms with E-state index >= 15 is 0 Å². The van der Waals surface area contributed by atoms with Crippen LogP contribution in [0.2, 0.25) is 0 Å². The fourth-order valence-corrected chi connectivity index (χ4v) is 3.38. The van der Waals surface area contributed by atoms with E-state index in [0.29, 0.717) is 25.3 Å². The SMILES string of the molecule is O=C1Cc2cc(N3CCN(C(=O)COc4ccccc4)CC3)ccc2N1. The van der Waals surface area contributed by atoms with Crippen molar-refractivity contribution in [2.75, 3.05) is 43.0 Å². The van der Waals surface area contributed by atoms with Crippen LogP contribution in [0.4, 0.5) is 11.4 Å². The normalized spacial score (nSPS) is 16.2. The second-order valence-electron chi connectivity index (χ2n) is 6.54. The Balaban J connectivity index is 1.31. The Hall–Kier alpha value is -3.02. The third-order valence-corrected chi connectivity index (χ3v) is 4.82. The number of ether oxygens (including phenoxy) is 1. The number of hydrogen-bond donors (Lipinski definition) is 1. The van der Waals surface area contributed by atoms with E-state index in [1.54, 1.807) is 0 Å². The Morgan fingerprint density at radius 1 is 1.04 bits per heavy atom. The van der Waals surface area contributed by atoms with Gasteiger partial charge < -0.3 is 19.9 Å². The molecule has 134 valence electrons. The van der Waals surface area contributed by atoms with Crippen LogP contribution in [-0.4, -0.2) is 49.5 Å². The molecule has 0 aromatic heterocycles. The quantitative estimate of drug-likeness (QED) is 0.914. The van der Waals surface area contributed by atoms with Gasteiger partial charge in [0.25, 0.3) is 5.91 Å². The maximum Gasteiger partial charge on any atom is 0.260 e. The minimum absolute atomic E-state index is 0.0113. The summed E-state index contributed by atoms with van der Waals surface area (Å²) >= 11 is 0. The summed E-state index contributed by atoms with van der Waals surface area (Å²) in [5.74, 6) is 0.768. The summed E-state index contributed by atoms with van der Waals surface area (Å²) in [5, 5.41) is 2.85. The summed E-state index contributed by atoms with van der Waals surface area (Å²) in [6.45, 7) is 2.96. The number of carbonyl (C=O) groups is 2. The first-order valence-electron chi connectivity index (χ1n) is 8.82. The highest BCUT2D eigenvalue weighted by Crippen LogP contribution is 2.28. The molecule has 6 heteroatoms. The molecule has 0 atom stereocenters. The van der Waals surface area contributed by atoms with Gasteiger partial charge in [-0.2, -0.15) is 0 Å². The number of amides is 2. The van der Waals surface area contributed by atoms with E-state index in [1.165, 1.54) is 0 Å². The van der Waals surface area contributed by atoms with E-state index in [4.69, 9.17) is 4.74 Å². The summed E-state index contributed by atoms with van der Waals surface area (Å²) < 4.78 is 5.55. The first-order valence-corrected chi connectivity index (χ1v) is 8.82. The predicted molar refractivity (Wildman–Crippen MR) is 99.5 cm³/mol. The third kappa shape index (κ3) is 3.49. The van der Waals surface area contributed by atoms with Crippen molar-refractivity contribution in [2.45, 2.75) is 6.42 Å². The molecular weight excluding hydrogens is 330 g/mol. The molecule has 0 spiro atoms. The van der Waals surface area contributed by atoms with Gasteiger partial charge in [-0.25, -0.2) is 0 Å². The molecule has 2 amide bonds. The van der Waals surface area contributed by atoms with Gasteiger partial charge in [-0.3, -0.25) is 9.59 Å². The number of benzene rings is 2. The summed E-state index contributed by atoms with van der Waals surface area (Å²) in [5.41, 5.74) is 3.06. The van der Waals surface area contributed by atoms with Crippen molar-refractivity contribution in [2.24, 2.45) is 0 Å². The van der Waals surface area contributed by atoms with E-state index in [0.717, 1.165) is 30.0 Å². The molecule has 2 heterocycles. The highest BCUT2D eigenvalue weighted by atomic mass is 16.5. The molecule has 2 aliphatic heterocycles. The summed E-state index contributed by atoms with van der Waals surface area (Å²) in [6.07, 6.45) is 0.443. The topological polar surface area (TPSA) is 61.9 Å². The molecule has 1 N–H and O–H groups in total. The van der Waals surface area contributed by atoms with Gasteiger partial charge in [-0.15, -0.1) is 0 Å². The van der Waals surface area contributed by atoms with Crippen LogP contribution in [0.5, 0.6) is 5.75 Å². The Morgan fingerprint density at radius 2 is 1.81 bits per heavy atom. The Kier molecular flexibility index (Phi) is 4.48. The predicted octanol–water partition coefficient (Wildman–Crippen LogP) is 1.91. The maximum atomic E-state index is 12.3. The molecule has 1 fully saturated rings. The Bertz CT molecular complexity index is 814. The average molecular weight is 351 g/mol. The molecule has 0 bridgehead atoms. The number of nitrogens with zero attached hydrogens (tertiary/aromatic N) is 2. The number of fused-ring (bicyclic) bond motifs is 1. The van der Waals surface area contributed by atoms with Crippen LogP contribution in [0.3, 0.4) is 0 Å². The Morgan fingerprint density at radius 3 is 2.58 bits per heavy atom. The van der Waals surface area contributed by atoms with Crippen molar-refractivity contribution in [1.29, 1.82) is 0 Å². The molecule has 1 saturated heterocycles. The molecule has 2 aromatic rings. The van der Waals surface area contributed by atoms with Crippen LogP contribution in [0.15, 0.2) is 48.5 Å². The standard InChI is InChI=1S/C20H21N3O3/c24-19-13-15-12-16(6-7-18(15)21-19)22-8-10-23(11-9-22)20(25)14-26-17-4-2-1-3-5-17/h1-7,12H,8-11,13-14H2,(H,21,24). The van der Waals surface area contributed by atoms with Gasteiger partial charge in [0, 0.05) is 37.6 Å². The van der Waals surface area contributed by atoms with Crippen LogP contribution < -0.4 is 15.0 Å². The average Bonchev–Trinajstić information content (AvgIpc) is 3.06. The minimum atomic E-state index is 0.0113. The lowest BCUT2D eigenvalue weighted by molar-refractivity contribution is -0.133. The molecule has 2 aromatic carbocycles. The van der Waals surface area contributed by atoms with Crippen LogP contribution in [0.25, 0.3) is 0 Å². The fourth-order valence-electron chi connectivity index (χ4n) is 3.38. The maximum absolute atomic E-state index is 12.3. The molecule has 2 aliphatic rings. The number of hydrogen-bond acceptors (Lipinski definition) is 4. The third-order valence-electron chi connectivity index (χ3n) is 4.82. The van der Waals surface area contributed by atoms with Gasteiger partial charge in [0.1, 0.15) is 5.75 Å². The van der Waals surface area contributed by atoms with Gasteiger partial charge >= 0.3 is 0 Å². The molecule has 6 nitrogen and oxygen atoms in total. The van der Waals surface area contributed by atoms with Crippen molar-refractivity contribution in [3.05, 3.63) is 54.1 Å². The van der Waals surface area contributed by atoms with Crippen molar-refractivity contribution in [3.8, 4) is 5.75 Å². The number of rotatable bonds is 4. The zero-order valence-corrected chi connectivity index (χ0v) is 14.5. The van der Waals surface area contributed by atoms with Gasteiger partial charge in [-0.1, -0.05) is 18.2 Å². The van der Waals surface area contributed by atoms with E-state index < -0.39 is 0 Å². The Labute approximate surface area is 152 Å². The number of anilines is 2. The lowest BCUT2D eigenvalue weighted by Gasteiger charge is -2.36. The van der Waals surface area contributed by atoms with Crippen molar-refractivity contribution in [3.63, 3.8) is 0 Å². The highest BCUT2D eigenvalue weighted by molar-refractivity contribution is 5.99. The lowest BCUT2D eigenvalue weighted by Crippen LogP contribution is -2.50. The van der Waals surface area contributed by atoms with Gasteiger partial charge in [-0.05, 0) is 35.9 Å². The van der Waals surface area contributed by atoms with Crippen molar-refractivity contribution >= 4 is 23.2 Å². The van der Waals surface area contributed by atoms with Crippen LogP contribution in [0.1, 0.15) is 5.56 Å². The number of carbonyl (C=O) groups excluding carboxylic acids is 2. The summed E-state index contributed by atoms with van der Waals surface area (Å²) in [7, 11) is 0. The van der Waals surface area contributed by atoms with Crippen molar-refractivity contribution in [1.82, 2.24) is 4.90 Å². The van der Waals surface area contributed by atoms with E-state index in [1.807, 2.05) is 47.4 Å². The van der Waals surface area contributed by atoms with Crippen LogP contribution >= 0.6 is 0 Å². The molecule has 0 unspecified atom stereocenters. The first kappa shape index (κ1) is 16.4. The molecule has 4 rings (SSSR count). The monoisotopic (exact) mass is 351 g/mol. The number of nitrogens with one attached hydrogen (secondary N) is 1. The molecule has 26 heavy (non-hydrogen) atoms. The van der Waals surface area contributed by atoms with E-state index in [9.17, 15) is 9.59 Å². The zero-order valence-electron chi connectivity index (χ0n) is 14.5. The van der Waals surface area contributed by atoms with E-state index in [-0.39, 0.29) is 18.4 Å². The largest absolute Gasteiger partial charge is 0.484 e. The molecular formula is C20H21N3O3. The lowest BCUT2D eigenvalue weighted by atomic mass is 10.1. The highest BCUT2D eigenvalue weighted by Gasteiger charge is 2.23. The summed E-state index contributed by atoms with van der Waals surface area (Å²) in [6, 6.07) is 15.4. The smallest absolute Gasteiger partial charge is 0.260 e. The fraction of sp³-hybridized carbons (Fsp3) is 0.300. The second kappa shape index (κ2) is 7.07. The van der Waals surface area contributed by atoms with Crippen molar-refractivity contribution < 1.29 is 14.3 Å². The van der Waals surface area contributed by atoms with Gasteiger partial charge in [0.2, 0.25) is 5.91 Å². The number of piperazine rings is 1. The summed E-state index contributed by atoms with van der Waals surface area (Å²) in [4.78, 5) is 27.9. The molecule has 0 saturated carbocycles.